The Bertz CT molecular complexity index is 563. The van der Waals surface area contributed by atoms with Crippen LogP contribution < -0.4 is 5.32 Å². The van der Waals surface area contributed by atoms with Gasteiger partial charge in [-0.1, -0.05) is 0 Å². The first-order valence-electron chi connectivity index (χ1n) is 7.83. The standard InChI is InChI=1S/C16H23NO7/c1-6-21-14(19)9-7-10-12(23-10)13(22-8(2)18)11(9)17-15(20)24-16(3,4)5/h7,10-13H,6H2,1-5H3,(H,17,20)/t10-,11+,12-,13-/m1/s1. The zero-order valence-corrected chi connectivity index (χ0v) is 14.5. The lowest BCUT2D eigenvalue weighted by molar-refractivity contribution is -0.150. The van der Waals surface area contributed by atoms with Gasteiger partial charge in [-0.25, -0.2) is 9.59 Å². The van der Waals surface area contributed by atoms with Crippen molar-refractivity contribution in [1.82, 2.24) is 5.32 Å². The molecule has 1 amide bonds. The molecule has 2 rings (SSSR count). The minimum absolute atomic E-state index is 0.183. The van der Waals surface area contributed by atoms with Crippen LogP contribution in [0.1, 0.15) is 34.6 Å². The molecule has 0 unspecified atom stereocenters. The van der Waals surface area contributed by atoms with Gasteiger partial charge in [-0.05, 0) is 33.8 Å². The molecule has 134 valence electrons. The molecule has 8 heteroatoms. The van der Waals surface area contributed by atoms with Crippen LogP contribution in [-0.2, 0) is 28.5 Å². The summed E-state index contributed by atoms with van der Waals surface area (Å²) in [5, 5.41) is 2.59. The highest BCUT2D eigenvalue weighted by Gasteiger charge is 2.55. The Morgan fingerprint density at radius 1 is 1.29 bits per heavy atom. The zero-order valence-electron chi connectivity index (χ0n) is 14.5. The van der Waals surface area contributed by atoms with Gasteiger partial charge >= 0.3 is 18.0 Å². The smallest absolute Gasteiger partial charge is 0.408 e. The first kappa shape index (κ1) is 18.3. The number of carbonyl (C=O) groups is 3. The first-order chi connectivity index (χ1) is 11.1. The van der Waals surface area contributed by atoms with Crippen LogP contribution in [-0.4, -0.2) is 54.6 Å². The van der Waals surface area contributed by atoms with Crippen molar-refractivity contribution < 1.29 is 33.3 Å². The lowest BCUT2D eigenvalue weighted by Gasteiger charge is -2.30. The molecule has 0 saturated carbocycles. The normalized spacial score (nSPS) is 28.1. The van der Waals surface area contributed by atoms with Gasteiger partial charge in [-0.3, -0.25) is 4.79 Å². The molecule has 1 saturated heterocycles. The summed E-state index contributed by atoms with van der Waals surface area (Å²) in [4.78, 5) is 35.7. The van der Waals surface area contributed by atoms with E-state index < -0.39 is 41.9 Å². The summed E-state index contributed by atoms with van der Waals surface area (Å²) in [6.45, 7) is 8.28. The third-order valence-electron chi connectivity index (χ3n) is 3.38. The average molecular weight is 341 g/mol. The van der Waals surface area contributed by atoms with Crippen molar-refractivity contribution in [3.63, 3.8) is 0 Å². The molecule has 1 N–H and O–H groups in total. The molecule has 0 aromatic rings. The maximum atomic E-state index is 12.2. The van der Waals surface area contributed by atoms with Gasteiger partial charge in [0, 0.05) is 6.92 Å². The predicted molar refractivity (Wildman–Crippen MR) is 82.1 cm³/mol. The van der Waals surface area contributed by atoms with E-state index in [1.807, 2.05) is 0 Å². The largest absolute Gasteiger partial charge is 0.463 e. The molecule has 4 atom stereocenters. The molecule has 0 aromatic heterocycles. The van der Waals surface area contributed by atoms with Crippen LogP contribution in [0.3, 0.4) is 0 Å². The van der Waals surface area contributed by atoms with E-state index in [9.17, 15) is 14.4 Å². The summed E-state index contributed by atoms with van der Waals surface area (Å²) < 4.78 is 20.9. The Hall–Kier alpha value is -2.09. The predicted octanol–water partition coefficient (Wildman–Crippen LogP) is 1.08. The summed E-state index contributed by atoms with van der Waals surface area (Å²) in [7, 11) is 0. The molecule has 2 aliphatic rings. The van der Waals surface area contributed by atoms with Crippen LogP contribution in [0.5, 0.6) is 0 Å². The Kier molecular flexibility index (Phi) is 5.17. The van der Waals surface area contributed by atoms with E-state index in [0.717, 1.165) is 0 Å². The number of ether oxygens (including phenoxy) is 4. The fraction of sp³-hybridized carbons (Fsp3) is 0.688. The highest BCUT2D eigenvalue weighted by molar-refractivity contribution is 5.91. The van der Waals surface area contributed by atoms with Crippen LogP contribution >= 0.6 is 0 Å². The Morgan fingerprint density at radius 3 is 2.50 bits per heavy atom. The van der Waals surface area contributed by atoms with Gasteiger partial charge in [0.25, 0.3) is 0 Å². The number of rotatable bonds is 4. The number of alkyl carbamates (subject to hydrolysis) is 1. The molecule has 1 fully saturated rings. The Balaban J connectivity index is 2.22. The van der Waals surface area contributed by atoms with E-state index in [1.54, 1.807) is 33.8 Å². The monoisotopic (exact) mass is 341 g/mol. The van der Waals surface area contributed by atoms with Crippen LogP contribution in [0.15, 0.2) is 11.6 Å². The number of nitrogens with one attached hydrogen (secondary N) is 1. The second-order valence-electron chi connectivity index (χ2n) is 6.61. The van der Waals surface area contributed by atoms with Gasteiger partial charge in [-0.15, -0.1) is 0 Å². The van der Waals surface area contributed by atoms with Gasteiger partial charge in [-0.2, -0.15) is 0 Å². The third kappa shape index (κ3) is 4.47. The lowest BCUT2D eigenvalue weighted by atomic mass is 9.91. The van der Waals surface area contributed by atoms with Gasteiger partial charge in [0.05, 0.1) is 12.2 Å². The van der Waals surface area contributed by atoms with Crippen LogP contribution in [0, 0.1) is 0 Å². The number of esters is 2. The highest BCUT2D eigenvalue weighted by Crippen LogP contribution is 2.38. The molecular weight excluding hydrogens is 318 g/mol. The van der Waals surface area contributed by atoms with Gasteiger partial charge in [0.1, 0.15) is 23.9 Å². The van der Waals surface area contributed by atoms with Crippen molar-refractivity contribution in [2.45, 2.75) is 64.6 Å². The van der Waals surface area contributed by atoms with Gasteiger partial charge in [0.2, 0.25) is 0 Å². The second-order valence-corrected chi connectivity index (χ2v) is 6.61. The molecule has 24 heavy (non-hydrogen) atoms. The quantitative estimate of drug-likeness (QED) is 0.463. The average Bonchev–Trinajstić information content (AvgIpc) is 3.17. The second kappa shape index (κ2) is 6.80. The number of fused-ring (bicyclic) bond motifs is 1. The molecule has 8 nitrogen and oxygen atoms in total. The van der Waals surface area contributed by atoms with E-state index in [4.69, 9.17) is 18.9 Å². The molecule has 1 aliphatic heterocycles. The van der Waals surface area contributed by atoms with E-state index in [-0.39, 0.29) is 18.3 Å². The van der Waals surface area contributed by atoms with Crippen molar-refractivity contribution in [2.75, 3.05) is 6.61 Å². The number of carbonyl (C=O) groups excluding carboxylic acids is 3. The molecular formula is C16H23NO7. The fourth-order valence-electron chi connectivity index (χ4n) is 2.51. The maximum Gasteiger partial charge on any atom is 0.408 e. The minimum atomic E-state index is -0.897. The summed E-state index contributed by atoms with van der Waals surface area (Å²) >= 11 is 0. The summed E-state index contributed by atoms with van der Waals surface area (Å²) in [6.07, 6.45) is -0.675. The van der Waals surface area contributed by atoms with E-state index in [0.29, 0.717) is 0 Å². The highest BCUT2D eigenvalue weighted by atomic mass is 16.6. The molecule has 0 radical (unpaired) electrons. The van der Waals surface area contributed by atoms with Crippen LogP contribution in [0.25, 0.3) is 0 Å². The fourth-order valence-corrected chi connectivity index (χ4v) is 2.51. The molecule has 0 bridgehead atoms. The van der Waals surface area contributed by atoms with Crippen molar-refractivity contribution >= 4 is 18.0 Å². The third-order valence-corrected chi connectivity index (χ3v) is 3.38. The molecule has 0 spiro atoms. The summed E-state index contributed by atoms with van der Waals surface area (Å²) in [5.74, 6) is -1.12. The van der Waals surface area contributed by atoms with Gasteiger partial charge in [0.15, 0.2) is 6.10 Å². The first-order valence-corrected chi connectivity index (χ1v) is 7.83. The van der Waals surface area contributed by atoms with Crippen molar-refractivity contribution in [2.24, 2.45) is 0 Å². The Labute approximate surface area is 140 Å². The van der Waals surface area contributed by atoms with E-state index >= 15 is 0 Å². The molecule has 0 aromatic carbocycles. The van der Waals surface area contributed by atoms with Crippen molar-refractivity contribution in [3.05, 3.63) is 11.6 Å². The lowest BCUT2D eigenvalue weighted by Crippen LogP contribution is -2.53. The summed E-state index contributed by atoms with van der Waals surface area (Å²) in [5.41, 5.74) is -0.519. The molecule has 1 heterocycles. The number of epoxide rings is 1. The number of amides is 1. The van der Waals surface area contributed by atoms with E-state index in [1.165, 1.54) is 6.92 Å². The molecule has 1 aliphatic carbocycles. The van der Waals surface area contributed by atoms with Crippen molar-refractivity contribution in [1.29, 1.82) is 0 Å². The topological polar surface area (TPSA) is 103 Å². The van der Waals surface area contributed by atoms with Crippen molar-refractivity contribution in [3.8, 4) is 0 Å². The van der Waals surface area contributed by atoms with Gasteiger partial charge < -0.3 is 24.3 Å². The zero-order chi connectivity index (χ0) is 18.1. The SMILES string of the molecule is CCOC(=O)C1=C[C@H]2O[C@H]2[C@H](OC(C)=O)[C@H]1NC(=O)OC(C)(C)C. The number of hydrogen-bond acceptors (Lipinski definition) is 7. The maximum absolute atomic E-state index is 12.2. The number of hydrogen-bond donors (Lipinski definition) is 1. The van der Waals surface area contributed by atoms with E-state index in [2.05, 4.69) is 5.32 Å². The Morgan fingerprint density at radius 2 is 1.96 bits per heavy atom. The van der Waals surface area contributed by atoms with Crippen LogP contribution in [0.2, 0.25) is 0 Å². The van der Waals surface area contributed by atoms with Crippen LogP contribution in [0.4, 0.5) is 4.79 Å². The minimum Gasteiger partial charge on any atom is -0.463 e. The summed E-state index contributed by atoms with van der Waals surface area (Å²) in [6, 6.07) is -0.897.